The minimum absolute atomic E-state index is 0.0524. The molecule has 32 heavy (non-hydrogen) atoms. The van der Waals surface area contributed by atoms with Crippen LogP contribution in [0.4, 0.5) is 4.79 Å². The second-order valence-corrected chi connectivity index (χ2v) is 9.56. The van der Waals surface area contributed by atoms with Gasteiger partial charge in [0, 0.05) is 29.8 Å². The number of likely N-dealkylation sites (tertiary alicyclic amines) is 1. The molecule has 2 aromatic carbocycles. The lowest BCUT2D eigenvalue weighted by Gasteiger charge is -2.30. The van der Waals surface area contributed by atoms with E-state index in [1.807, 2.05) is 24.3 Å². The molecule has 0 spiro atoms. The number of aromatic nitrogens is 1. The van der Waals surface area contributed by atoms with Gasteiger partial charge in [0.2, 0.25) is 0 Å². The molecule has 5 rings (SSSR count). The molecule has 1 fully saturated rings. The summed E-state index contributed by atoms with van der Waals surface area (Å²) in [5.74, 6) is -0.748. The van der Waals surface area contributed by atoms with Crippen LogP contribution in [0, 0.1) is 6.92 Å². The van der Waals surface area contributed by atoms with Crippen LogP contribution in [0.15, 0.2) is 48.5 Å². The number of piperidine rings is 1. The van der Waals surface area contributed by atoms with Crippen molar-refractivity contribution in [2.75, 3.05) is 19.7 Å². The van der Waals surface area contributed by atoms with Crippen molar-refractivity contribution in [2.24, 2.45) is 0 Å². The topological polar surface area (TPSA) is 79.7 Å². The number of hydrogen-bond acceptors (Lipinski definition) is 5. The van der Waals surface area contributed by atoms with E-state index in [1.54, 1.807) is 11.8 Å². The first-order chi connectivity index (χ1) is 15.5. The van der Waals surface area contributed by atoms with Crippen molar-refractivity contribution in [1.29, 1.82) is 0 Å². The molecule has 2 aliphatic rings. The molecule has 7 heteroatoms. The number of aryl methyl sites for hydroxylation is 1. The molecule has 1 aliphatic heterocycles. The highest BCUT2D eigenvalue weighted by Gasteiger charge is 2.31. The molecule has 1 amide bonds. The van der Waals surface area contributed by atoms with Crippen molar-refractivity contribution in [1.82, 2.24) is 9.88 Å². The lowest BCUT2D eigenvalue weighted by molar-refractivity contribution is 0.0690. The Morgan fingerprint density at radius 3 is 2.22 bits per heavy atom. The summed E-state index contributed by atoms with van der Waals surface area (Å²) in [6.45, 7) is 3.28. The fourth-order valence-corrected chi connectivity index (χ4v) is 5.87. The third-order valence-electron chi connectivity index (χ3n) is 6.45. The van der Waals surface area contributed by atoms with E-state index < -0.39 is 5.97 Å². The number of hydrogen-bond donors (Lipinski definition) is 1. The SMILES string of the molecule is Cc1sc(C2CCN(C(=O)OCC3c4ccccc4-c4ccccc43)CC2)nc1C(=O)O. The van der Waals surface area contributed by atoms with Gasteiger partial charge in [-0.15, -0.1) is 11.3 Å². The van der Waals surface area contributed by atoms with Crippen molar-refractivity contribution in [3.05, 3.63) is 75.2 Å². The maximum absolute atomic E-state index is 12.8. The largest absolute Gasteiger partial charge is 0.476 e. The van der Waals surface area contributed by atoms with Gasteiger partial charge >= 0.3 is 12.1 Å². The molecular formula is C25H24N2O4S. The average molecular weight is 449 g/mol. The normalized spacial score (nSPS) is 16.0. The summed E-state index contributed by atoms with van der Waals surface area (Å²) in [6, 6.07) is 16.6. The van der Waals surface area contributed by atoms with Crippen molar-refractivity contribution >= 4 is 23.4 Å². The zero-order valence-corrected chi connectivity index (χ0v) is 18.6. The van der Waals surface area contributed by atoms with Crippen LogP contribution in [-0.4, -0.2) is 46.7 Å². The lowest BCUT2D eigenvalue weighted by Crippen LogP contribution is -2.38. The molecule has 1 N–H and O–H groups in total. The minimum atomic E-state index is -0.985. The number of benzene rings is 2. The van der Waals surface area contributed by atoms with Gasteiger partial charge < -0.3 is 14.7 Å². The van der Waals surface area contributed by atoms with Gasteiger partial charge in [-0.3, -0.25) is 0 Å². The monoisotopic (exact) mass is 448 g/mol. The number of carboxylic acid groups (broad SMARTS) is 1. The van der Waals surface area contributed by atoms with Crippen LogP contribution in [0.2, 0.25) is 0 Å². The Kier molecular flexibility index (Phi) is 5.43. The van der Waals surface area contributed by atoms with E-state index in [4.69, 9.17) is 4.74 Å². The van der Waals surface area contributed by atoms with Crippen LogP contribution in [0.3, 0.4) is 0 Å². The molecule has 0 atom stereocenters. The summed E-state index contributed by atoms with van der Waals surface area (Å²) in [5, 5.41) is 10.1. The van der Waals surface area contributed by atoms with E-state index >= 15 is 0 Å². The Bertz CT molecular complexity index is 1130. The third kappa shape index (κ3) is 3.66. The van der Waals surface area contributed by atoms with Gasteiger partial charge in [0.25, 0.3) is 0 Å². The number of carbonyl (C=O) groups excluding carboxylic acids is 1. The first-order valence-corrected chi connectivity index (χ1v) is 11.6. The molecule has 2 heterocycles. The molecule has 1 aromatic heterocycles. The summed E-state index contributed by atoms with van der Waals surface area (Å²) >= 11 is 1.45. The Labute approximate surface area is 190 Å². The van der Waals surface area contributed by atoms with Crippen molar-refractivity contribution in [3.63, 3.8) is 0 Å². The van der Waals surface area contributed by atoms with Crippen LogP contribution in [-0.2, 0) is 4.74 Å². The quantitative estimate of drug-likeness (QED) is 0.588. The van der Waals surface area contributed by atoms with Gasteiger partial charge in [0.05, 0.1) is 5.01 Å². The standard InChI is InChI=1S/C25H24N2O4S/c1-15-22(24(28)29)26-23(32-15)16-10-12-27(13-11-16)25(30)31-14-21-19-8-4-2-6-17(19)18-7-3-5-9-20(18)21/h2-9,16,21H,10-14H2,1H3,(H,28,29). The van der Waals surface area contributed by atoms with Gasteiger partial charge in [0.15, 0.2) is 5.69 Å². The summed E-state index contributed by atoms with van der Waals surface area (Å²) in [4.78, 5) is 30.8. The molecular weight excluding hydrogens is 424 g/mol. The second-order valence-electron chi connectivity index (χ2n) is 8.33. The molecule has 3 aromatic rings. The van der Waals surface area contributed by atoms with Crippen LogP contribution in [0.1, 0.15) is 56.2 Å². The highest BCUT2D eigenvalue weighted by atomic mass is 32.1. The lowest BCUT2D eigenvalue weighted by atomic mass is 9.97. The molecule has 1 aliphatic carbocycles. The van der Waals surface area contributed by atoms with E-state index in [-0.39, 0.29) is 23.6 Å². The number of aromatic carboxylic acids is 1. The second kappa shape index (κ2) is 8.39. The predicted octanol–water partition coefficient (Wildman–Crippen LogP) is 5.28. The third-order valence-corrected chi connectivity index (χ3v) is 7.59. The molecule has 1 saturated heterocycles. The Morgan fingerprint density at radius 2 is 1.66 bits per heavy atom. The van der Waals surface area contributed by atoms with Crippen LogP contribution >= 0.6 is 11.3 Å². The van der Waals surface area contributed by atoms with E-state index in [0.29, 0.717) is 19.7 Å². The summed E-state index contributed by atoms with van der Waals surface area (Å²) in [5.41, 5.74) is 4.97. The Balaban J connectivity index is 1.21. The molecule has 0 bridgehead atoms. The van der Waals surface area contributed by atoms with Crippen molar-refractivity contribution < 1.29 is 19.4 Å². The van der Waals surface area contributed by atoms with E-state index in [0.717, 1.165) is 22.7 Å². The molecule has 164 valence electrons. The zero-order valence-electron chi connectivity index (χ0n) is 17.8. The van der Waals surface area contributed by atoms with Crippen LogP contribution in [0.5, 0.6) is 0 Å². The van der Waals surface area contributed by atoms with Gasteiger partial charge in [0.1, 0.15) is 6.61 Å². The van der Waals surface area contributed by atoms with Gasteiger partial charge in [-0.05, 0) is 42.0 Å². The van der Waals surface area contributed by atoms with Crippen LogP contribution in [0.25, 0.3) is 11.1 Å². The number of ether oxygens (including phenoxy) is 1. The number of rotatable bonds is 4. The maximum Gasteiger partial charge on any atom is 0.409 e. The number of thiazole rings is 1. The Morgan fingerprint density at radius 1 is 1.06 bits per heavy atom. The van der Waals surface area contributed by atoms with Gasteiger partial charge in [-0.2, -0.15) is 0 Å². The van der Waals surface area contributed by atoms with Crippen molar-refractivity contribution in [2.45, 2.75) is 31.6 Å². The van der Waals surface area contributed by atoms with E-state index in [1.165, 1.54) is 33.6 Å². The summed E-state index contributed by atoms with van der Waals surface area (Å²) in [6.07, 6.45) is 1.23. The average Bonchev–Trinajstić information content (AvgIpc) is 3.36. The smallest absolute Gasteiger partial charge is 0.409 e. The number of carboxylic acids is 1. The highest BCUT2D eigenvalue weighted by molar-refractivity contribution is 7.12. The molecule has 0 radical (unpaired) electrons. The fraction of sp³-hybridized carbons (Fsp3) is 0.320. The van der Waals surface area contributed by atoms with Crippen molar-refractivity contribution in [3.8, 4) is 11.1 Å². The predicted molar refractivity (Wildman–Crippen MR) is 122 cm³/mol. The molecule has 6 nitrogen and oxygen atoms in total. The summed E-state index contributed by atoms with van der Waals surface area (Å²) < 4.78 is 5.77. The minimum Gasteiger partial charge on any atom is -0.476 e. The first-order valence-electron chi connectivity index (χ1n) is 10.8. The highest BCUT2D eigenvalue weighted by Crippen LogP contribution is 2.44. The molecule has 0 saturated carbocycles. The number of nitrogens with zero attached hydrogens (tertiary/aromatic N) is 2. The summed E-state index contributed by atoms with van der Waals surface area (Å²) in [7, 11) is 0. The fourth-order valence-electron chi connectivity index (χ4n) is 4.78. The Hall–Kier alpha value is -3.19. The number of amides is 1. The zero-order chi connectivity index (χ0) is 22.2. The van der Waals surface area contributed by atoms with E-state index in [9.17, 15) is 14.7 Å². The number of carbonyl (C=O) groups is 2. The maximum atomic E-state index is 12.8. The van der Waals surface area contributed by atoms with Crippen LogP contribution < -0.4 is 0 Å². The molecule has 0 unspecified atom stereocenters. The van der Waals surface area contributed by atoms with Gasteiger partial charge in [-0.25, -0.2) is 14.6 Å². The number of fused-ring (bicyclic) bond motifs is 3. The van der Waals surface area contributed by atoms with Gasteiger partial charge in [-0.1, -0.05) is 48.5 Å². The first kappa shape index (κ1) is 20.7. The van der Waals surface area contributed by atoms with E-state index in [2.05, 4.69) is 29.2 Å².